The van der Waals surface area contributed by atoms with Gasteiger partial charge in [-0.05, 0) is 12.1 Å². The first-order chi connectivity index (χ1) is 7.76. The summed E-state index contributed by atoms with van der Waals surface area (Å²) >= 11 is 5.32. The van der Waals surface area contributed by atoms with Crippen LogP contribution in [0.4, 0.5) is 0 Å². The van der Waals surface area contributed by atoms with Crippen molar-refractivity contribution in [2.75, 3.05) is 26.1 Å². The quantitative estimate of drug-likeness (QED) is 0.607. The maximum Gasteiger partial charge on any atom is 0.235 e. The summed E-state index contributed by atoms with van der Waals surface area (Å²) in [6, 6.07) is 7.28. The molecule has 0 saturated heterocycles. The third-order valence-corrected chi connectivity index (χ3v) is 2.10. The Bertz CT molecular complexity index is 344. The largest absolute Gasteiger partial charge is 0.497 e. The van der Waals surface area contributed by atoms with Crippen molar-refractivity contribution >= 4 is 17.5 Å². The van der Waals surface area contributed by atoms with Gasteiger partial charge in [-0.15, -0.1) is 11.6 Å². The van der Waals surface area contributed by atoms with Crippen molar-refractivity contribution in [1.29, 1.82) is 0 Å². The topological polar surface area (TPSA) is 47.6 Å². The van der Waals surface area contributed by atoms with Gasteiger partial charge in [0.05, 0.1) is 13.7 Å². The lowest BCUT2D eigenvalue weighted by atomic mass is 10.3. The lowest BCUT2D eigenvalue weighted by Gasteiger charge is -2.07. The van der Waals surface area contributed by atoms with E-state index in [1.165, 1.54) is 0 Å². The molecule has 1 aromatic rings. The van der Waals surface area contributed by atoms with Gasteiger partial charge < -0.3 is 14.8 Å². The summed E-state index contributed by atoms with van der Waals surface area (Å²) in [5.74, 6) is 1.22. The monoisotopic (exact) mass is 243 g/mol. The summed E-state index contributed by atoms with van der Waals surface area (Å²) in [4.78, 5) is 10.8. The first-order valence-corrected chi connectivity index (χ1v) is 5.39. The standard InChI is InChI=1S/C11H14ClNO3/c1-15-9-3-2-4-10(7-9)16-6-5-13-11(14)8-12/h2-4,7H,5-6,8H2,1H3,(H,13,14). The zero-order valence-corrected chi connectivity index (χ0v) is 9.79. The van der Waals surface area contributed by atoms with Crippen LogP contribution < -0.4 is 14.8 Å². The van der Waals surface area contributed by atoms with Gasteiger partial charge in [-0.25, -0.2) is 0 Å². The highest BCUT2D eigenvalue weighted by Gasteiger charge is 1.98. The van der Waals surface area contributed by atoms with Crippen LogP contribution >= 0.6 is 11.6 Å². The SMILES string of the molecule is COc1cccc(OCCNC(=O)CCl)c1. The van der Waals surface area contributed by atoms with Gasteiger partial charge in [0.15, 0.2) is 0 Å². The fraction of sp³-hybridized carbons (Fsp3) is 0.364. The smallest absolute Gasteiger partial charge is 0.235 e. The third kappa shape index (κ3) is 4.40. The Morgan fingerprint density at radius 2 is 2.19 bits per heavy atom. The zero-order chi connectivity index (χ0) is 11.8. The molecule has 0 fully saturated rings. The third-order valence-electron chi connectivity index (χ3n) is 1.86. The molecule has 16 heavy (non-hydrogen) atoms. The minimum Gasteiger partial charge on any atom is -0.497 e. The highest BCUT2D eigenvalue weighted by molar-refractivity contribution is 6.27. The second-order valence-corrected chi connectivity index (χ2v) is 3.28. The van der Waals surface area contributed by atoms with Crippen LogP contribution in [-0.2, 0) is 4.79 Å². The number of carbonyl (C=O) groups is 1. The van der Waals surface area contributed by atoms with E-state index in [1.807, 2.05) is 18.2 Å². The lowest BCUT2D eigenvalue weighted by molar-refractivity contribution is -0.118. The summed E-state index contributed by atoms with van der Waals surface area (Å²) in [5, 5.41) is 2.60. The summed E-state index contributed by atoms with van der Waals surface area (Å²) in [5.41, 5.74) is 0. The molecule has 0 bridgehead atoms. The number of alkyl halides is 1. The molecule has 1 rings (SSSR count). The van der Waals surface area contributed by atoms with Crippen LogP contribution in [-0.4, -0.2) is 32.0 Å². The summed E-state index contributed by atoms with van der Waals surface area (Å²) in [7, 11) is 1.60. The Balaban J connectivity index is 2.28. The number of carbonyl (C=O) groups excluding carboxylic acids is 1. The van der Waals surface area contributed by atoms with Crippen molar-refractivity contribution in [3.05, 3.63) is 24.3 Å². The van der Waals surface area contributed by atoms with Gasteiger partial charge in [0.2, 0.25) is 5.91 Å². The van der Waals surface area contributed by atoms with Gasteiger partial charge in [0.1, 0.15) is 24.0 Å². The molecule has 88 valence electrons. The van der Waals surface area contributed by atoms with Gasteiger partial charge in [-0.2, -0.15) is 0 Å². The van der Waals surface area contributed by atoms with Gasteiger partial charge >= 0.3 is 0 Å². The average Bonchev–Trinajstić information content (AvgIpc) is 2.34. The van der Waals surface area contributed by atoms with Crippen molar-refractivity contribution in [2.24, 2.45) is 0 Å². The summed E-state index contributed by atoms with van der Waals surface area (Å²) < 4.78 is 10.5. The van der Waals surface area contributed by atoms with Gasteiger partial charge in [0, 0.05) is 6.07 Å². The molecule has 0 aliphatic heterocycles. The van der Waals surface area contributed by atoms with E-state index in [0.29, 0.717) is 18.9 Å². The van der Waals surface area contributed by atoms with E-state index in [1.54, 1.807) is 13.2 Å². The number of methoxy groups -OCH3 is 1. The van der Waals surface area contributed by atoms with Crippen molar-refractivity contribution in [2.45, 2.75) is 0 Å². The predicted molar refractivity (Wildman–Crippen MR) is 62.2 cm³/mol. The molecule has 0 saturated carbocycles. The Morgan fingerprint density at radius 1 is 1.44 bits per heavy atom. The molecule has 0 aliphatic carbocycles. The number of nitrogens with one attached hydrogen (secondary N) is 1. The number of hydrogen-bond acceptors (Lipinski definition) is 3. The number of benzene rings is 1. The Hall–Kier alpha value is -1.42. The van der Waals surface area contributed by atoms with Crippen LogP contribution in [0.3, 0.4) is 0 Å². The molecule has 0 radical (unpaired) electrons. The van der Waals surface area contributed by atoms with Crippen LogP contribution in [0.15, 0.2) is 24.3 Å². The van der Waals surface area contributed by atoms with E-state index in [2.05, 4.69) is 5.32 Å². The Kier molecular flexibility index (Phi) is 5.50. The molecule has 0 spiro atoms. The first-order valence-electron chi connectivity index (χ1n) is 4.86. The van der Waals surface area contributed by atoms with E-state index in [9.17, 15) is 4.79 Å². The molecular weight excluding hydrogens is 230 g/mol. The maximum absolute atomic E-state index is 10.8. The van der Waals surface area contributed by atoms with E-state index in [0.717, 1.165) is 5.75 Å². The molecule has 1 aromatic carbocycles. The molecule has 1 amide bonds. The summed E-state index contributed by atoms with van der Waals surface area (Å²) in [6.07, 6.45) is 0. The van der Waals surface area contributed by atoms with E-state index >= 15 is 0 Å². The van der Waals surface area contributed by atoms with Crippen molar-refractivity contribution in [1.82, 2.24) is 5.32 Å². The first kappa shape index (κ1) is 12.6. The zero-order valence-electron chi connectivity index (χ0n) is 9.03. The molecule has 1 N–H and O–H groups in total. The van der Waals surface area contributed by atoms with E-state index < -0.39 is 0 Å². The number of amides is 1. The highest BCUT2D eigenvalue weighted by Crippen LogP contribution is 2.18. The normalized spacial score (nSPS) is 9.62. The van der Waals surface area contributed by atoms with E-state index in [-0.39, 0.29) is 11.8 Å². The highest BCUT2D eigenvalue weighted by atomic mass is 35.5. The van der Waals surface area contributed by atoms with Gasteiger partial charge in [0.25, 0.3) is 0 Å². The molecule has 4 nitrogen and oxygen atoms in total. The second-order valence-electron chi connectivity index (χ2n) is 3.01. The number of rotatable bonds is 6. The minimum absolute atomic E-state index is 0.0286. The average molecular weight is 244 g/mol. The fourth-order valence-electron chi connectivity index (χ4n) is 1.10. The molecule has 5 heteroatoms. The van der Waals surface area contributed by atoms with Gasteiger partial charge in [-0.1, -0.05) is 6.07 Å². The number of hydrogen-bond donors (Lipinski definition) is 1. The molecule has 0 aromatic heterocycles. The molecule has 0 unspecified atom stereocenters. The summed E-state index contributed by atoms with van der Waals surface area (Å²) in [6.45, 7) is 0.832. The van der Waals surface area contributed by atoms with Crippen LogP contribution in [0.5, 0.6) is 11.5 Å². The lowest BCUT2D eigenvalue weighted by Crippen LogP contribution is -2.28. The second kappa shape index (κ2) is 6.95. The van der Waals surface area contributed by atoms with Crippen molar-refractivity contribution in [3.8, 4) is 11.5 Å². The number of halogens is 1. The fourth-order valence-corrected chi connectivity index (χ4v) is 1.19. The predicted octanol–water partition coefficient (Wildman–Crippen LogP) is 1.43. The van der Waals surface area contributed by atoms with Crippen LogP contribution in [0.2, 0.25) is 0 Å². The minimum atomic E-state index is -0.198. The Labute approximate surface area is 99.5 Å². The van der Waals surface area contributed by atoms with E-state index in [4.69, 9.17) is 21.1 Å². The molecular formula is C11H14ClNO3. The van der Waals surface area contributed by atoms with Crippen molar-refractivity contribution < 1.29 is 14.3 Å². The van der Waals surface area contributed by atoms with Crippen LogP contribution in [0.1, 0.15) is 0 Å². The van der Waals surface area contributed by atoms with Crippen LogP contribution in [0, 0.1) is 0 Å². The van der Waals surface area contributed by atoms with Crippen molar-refractivity contribution in [3.63, 3.8) is 0 Å². The van der Waals surface area contributed by atoms with Gasteiger partial charge in [-0.3, -0.25) is 4.79 Å². The number of ether oxygens (including phenoxy) is 2. The van der Waals surface area contributed by atoms with Crippen LogP contribution in [0.25, 0.3) is 0 Å². The molecule has 0 aliphatic rings. The Morgan fingerprint density at radius 3 is 2.88 bits per heavy atom. The molecule has 0 atom stereocenters. The maximum atomic E-state index is 10.8. The molecule has 0 heterocycles.